The first-order valence-electron chi connectivity index (χ1n) is 11.0. The van der Waals surface area contributed by atoms with Crippen LogP contribution in [-0.2, 0) is 0 Å². The normalized spacial score (nSPS) is 14.6. The second-order valence-corrected chi connectivity index (χ2v) is 8.17. The maximum absolute atomic E-state index is 15.2. The van der Waals surface area contributed by atoms with Gasteiger partial charge in [0.05, 0.1) is 29.2 Å². The minimum absolute atomic E-state index is 0.277. The summed E-state index contributed by atoms with van der Waals surface area (Å²) in [6, 6.07) is 9.58. The van der Waals surface area contributed by atoms with Crippen LogP contribution in [0.3, 0.4) is 0 Å². The molecule has 1 saturated heterocycles. The number of nitro groups is 1. The number of rotatable bonds is 6. The molecule has 4 heterocycles. The first kappa shape index (κ1) is 22.4. The van der Waals surface area contributed by atoms with Crippen LogP contribution in [0.15, 0.2) is 53.2 Å². The lowest BCUT2D eigenvalue weighted by atomic mass is 10.1. The van der Waals surface area contributed by atoms with Crippen molar-refractivity contribution in [1.29, 1.82) is 0 Å². The van der Waals surface area contributed by atoms with E-state index >= 15 is 4.39 Å². The quantitative estimate of drug-likeness (QED) is 0.321. The van der Waals surface area contributed by atoms with E-state index in [2.05, 4.69) is 25.2 Å². The molecule has 0 amide bonds. The number of benzene rings is 1. The minimum Gasteiger partial charge on any atom is -0.401 e. The van der Waals surface area contributed by atoms with Crippen LogP contribution < -0.4 is 10.2 Å². The van der Waals surface area contributed by atoms with Gasteiger partial charge in [0, 0.05) is 43.8 Å². The number of nitrogens with one attached hydrogen (secondary N) is 1. The van der Waals surface area contributed by atoms with Gasteiger partial charge in [-0.1, -0.05) is 0 Å². The molecule has 0 aliphatic carbocycles. The Hall–Kier alpha value is -4.38. The van der Waals surface area contributed by atoms with Crippen LogP contribution in [0.1, 0.15) is 11.6 Å². The molecule has 4 aromatic rings. The van der Waals surface area contributed by atoms with Gasteiger partial charge in [0.2, 0.25) is 0 Å². The van der Waals surface area contributed by atoms with E-state index in [4.69, 9.17) is 4.42 Å². The zero-order valence-electron chi connectivity index (χ0n) is 18.9. The second-order valence-electron chi connectivity index (χ2n) is 8.17. The molecule has 0 bridgehead atoms. The molecule has 1 fully saturated rings. The Morgan fingerprint density at radius 2 is 1.97 bits per heavy atom. The Labute approximate surface area is 199 Å². The molecule has 1 aliphatic rings. The minimum atomic E-state index is -0.611. The number of fused-ring (bicyclic) bond motifs is 1. The van der Waals surface area contributed by atoms with Crippen LogP contribution in [0.25, 0.3) is 23.1 Å². The van der Waals surface area contributed by atoms with Crippen molar-refractivity contribution < 1.29 is 13.7 Å². The van der Waals surface area contributed by atoms with Gasteiger partial charge in [-0.3, -0.25) is 15.1 Å². The summed E-state index contributed by atoms with van der Waals surface area (Å²) in [5.41, 5.74) is 1.65. The van der Waals surface area contributed by atoms with E-state index < -0.39 is 4.92 Å². The molecule has 10 nitrogen and oxygen atoms in total. The highest BCUT2D eigenvalue weighted by Crippen LogP contribution is 2.31. The molecule has 178 valence electrons. The Balaban J connectivity index is 1.55. The number of nitrogens with zero attached hydrogens (tertiary/aromatic N) is 6. The Bertz CT molecular complexity index is 1400. The van der Waals surface area contributed by atoms with Gasteiger partial charge in [0.25, 0.3) is 0 Å². The Morgan fingerprint density at radius 3 is 2.69 bits per heavy atom. The lowest BCUT2D eigenvalue weighted by Crippen LogP contribution is -2.44. The summed E-state index contributed by atoms with van der Waals surface area (Å²) in [7, 11) is 2.05. The third-order valence-corrected chi connectivity index (χ3v) is 5.74. The summed E-state index contributed by atoms with van der Waals surface area (Å²) in [5.74, 6) is 0.336. The highest BCUT2D eigenvalue weighted by atomic mass is 19.1. The van der Waals surface area contributed by atoms with E-state index in [0.29, 0.717) is 22.4 Å². The van der Waals surface area contributed by atoms with Gasteiger partial charge in [-0.15, -0.1) is 0 Å². The van der Waals surface area contributed by atoms with E-state index in [1.54, 1.807) is 30.6 Å². The maximum Gasteiger partial charge on any atom is 0.433 e. The first-order valence-corrected chi connectivity index (χ1v) is 11.0. The van der Waals surface area contributed by atoms with Gasteiger partial charge in [0.1, 0.15) is 22.3 Å². The van der Waals surface area contributed by atoms with Crippen LogP contribution in [0.4, 0.5) is 27.5 Å². The Kier molecular flexibility index (Phi) is 6.06. The SMILES string of the molecule is CN1CCN(c2cc3c(Nc4cccnc4)nc(C=Cc4ccc([N+](=O)[O-])o4)nc3cc2F)CC1. The van der Waals surface area contributed by atoms with Gasteiger partial charge in [0.15, 0.2) is 5.82 Å². The van der Waals surface area contributed by atoms with Crippen LogP contribution in [-0.4, -0.2) is 58.0 Å². The van der Waals surface area contributed by atoms with E-state index in [0.717, 1.165) is 31.9 Å². The van der Waals surface area contributed by atoms with Crippen LogP contribution in [0, 0.1) is 15.9 Å². The molecule has 11 heteroatoms. The van der Waals surface area contributed by atoms with E-state index in [9.17, 15) is 10.1 Å². The van der Waals surface area contributed by atoms with Gasteiger partial charge in [-0.25, -0.2) is 14.4 Å². The highest BCUT2D eigenvalue weighted by molar-refractivity contribution is 5.94. The summed E-state index contributed by atoms with van der Waals surface area (Å²) in [6.07, 6.45) is 6.41. The fourth-order valence-electron chi connectivity index (χ4n) is 3.88. The van der Waals surface area contributed by atoms with Crippen molar-refractivity contribution in [2.45, 2.75) is 0 Å². The molecule has 0 saturated carbocycles. The molecule has 0 unspecified atom stereocenters. The number of pyridine rings is 1. The lowest BCUT2D eigenvalue weighted by molar-refractivity contribution is -0.402. The molecule has 0 radical (unpaired) electrons. The highest BCUT2D eigenvalue weighted by Gasteiger charge is 2.20. The zero-order chi connectivity index (χ0) is 24.4. The molecule has 35 heavy (non-hydrogen) atoms. The Morgan fingerprint density at radius 1 is 1.14 bits per heavy atom. The van der Waals surface area contributed by atoms with Gasteiger partial charge < -0.3 is 19.5 Å². The standard InChI is InChI=1S/C24H22FN7O3/c1-30-9-11-31(12-10-30)21-13-18-20(14-19(21)25)28-22(6-4-17-5-7-23(35-17)32(33)34)29-24(18)27-16-3-2-8-26-15-16/h2-8,13-15H,9-12H2,1H3,(H,27,28,29). The molecule has 5 rings (SSSR count). The third-order valence-electron chi connectivity index (χ3n) is 5.74. The number of piperazine rings is 1. The maximum atomic E-state index is 15.2. The predicted molar refractivity (Wildman–Crippen MR) is 131 cm³/mol. The number of furan rings is 1. The van der Waals surface area contributed by atoms with Crippen molar-refractivity contribution in [3.63, 3.8) is 0 Å². The van der Waals surface area contributed by atoms with Crippen molar-refractivity contribution in [3.05, 3.63) is 76.3 Å². The molecular weight excluding hydrogens is 453 g/mol. The van der Waals surface area contributed by atoms with Crippen molar-refractivity contribution in [2.75, 3.05) is 43.4 Å². The molecule has 0 atom stereocenters. The van der Waals surface area contributed by atoms with Crippen molar-refractivity contribution >= 4 is 46.1 Å². The number of halogens is 1. The molecular formula is C24H22FN7O3. The number of aromatic nitrogens is 3. The summed E-state index contributed by atoms with van der Waals surface area (Å²) in [4.78, 5) is 27.7. The molecule has 1 aliphatic heterocycles. The average molecular weight is 475 g/mol. The topological polar surface area (TPSA) is 113 Å². The number of hydrogen-bond acceptors (Lipinski definition) is 9. The van der Waals surface area contributed by atoms with Crippen molar-refractivity contribution in [2.24, 2.45) is 0 Å². The number of likely N-dealkylation sites (N-methyl/N-ethyl adjacent to an activating group) is 1. The monoisotopic (exact) mass is 475 g/mol. The summed E-state index contributed by atoms with van der Waals surface area (Å²) in [5, 5.41) is 14.8. The molecule has 0 spiro atoms. The summed E-state index contributed by atoms with van der Waals surface area (Å²) >= 11 is 0. The van der Waals surface area contributed by atoms with Crippen LogP contribution >= 0.6 is 0 Å². The average Bonchev–Trinajstić information content (AvgIpc) is 3.33. The molecule has 1 N–H and O–H groups in total. The lowest BCUT2D eigenvalue weighted by Gasteiger charge is -2.34. The zero-order valence-corrected chi connectivity index (χ0v) is 18.9. The van der Waals surface area contributed by atoms with Crippen molar-refractivity contribution in [1.82, 2.24) is 19.9 Å². The van der Waals surface area contributed by atoms with E-state index in [1.165, 1.54) is 24.3 Å². The second kappa shape index (κ2) is 9.47. The summed E-state index contributed by atoms with van der Waals surface area (Å²) < 4.78 is 20.3. The van der Waals surface area contributed by atoms with Crippen molar-refractivity contribution in [3.8, 4) is 0 Å². The molecule has 3 aromatic heterocycles. The fourth-order valence-corrected chi connectivity index (χ4v) is 3.88. The van der Waals surface area contributed by atoms with Crippen LogP contribution in [0.2, 0.25) is 0 Å². The van der Waals surface area contributed by atoms with E-state index in [1.807, 2.05) is 18.0 Å². The molecule has 1 aromatic carbocycles. The van der Waals surface area contributed by atoms with Gasteiger partial charge >= 0.3 is 5.88 Å². The first-order chi connectivity index (χ1) is 17.0. The largest absolute Gasteiger partial charge is 0.433 e. The number of hydrogen-bond donors (Lipinski definition) is 1. The van der Waals surface area contributed by atoms with Gasteiger partial charge in [-0.2, -0.15) is 0 Å². The third kappa shape index (κ3) is 4.94. The summed E-state index contributed by atoms with van der Waals surface area (Å²) in [6.45, 7) is 3.15. The smallest absolute Gasteiger partial charge is 0.401 e. The fraction of sp³-hybridized carbons (Fsp3) is 0.208. The van der Waals surface area contributed by atoms with E-state index in [-0.39, 0.29) is 23.3 Å². The predicted octanol–water partition coefficient (Wildman–Crippen LogP) is 4.33. The number of anilines is 3. The van der Waals surface area contributed by atoms with Gasteiger partial charge in [-0.05, 0) is 43.5 Å². The van der Waals surface area contributed by atoms with Crippen LogP contribution in [0.5, 0.6) is 0 Å².